The normalized spacial score (nSPS) is 12.2. The summed E-state index contributed by atoms with van der Waals surface area (Å²) in [5.74, 6) is 0.748. The summed E-state index contributed by atoms with van der Waals surface area (Å²) in [6.07, 6.45) is 1.43. The minimum absolute atomic E-state index is 0.131. The number of carbonyl (C=O) groups is 1. The molecule has 114 valence electrons. The average Bonchev–Trinajstić information content (AvgIpc) is 2.55. The van der Waals surface area contributed by atoms with Crippen LogP contribution < -0.4 is 5.43 Å². The fraction of sp³-hybridized carbons (Fsp3) is 0.176. The Hall–Kier alpha value is -2.27. The third-order valence-electron chi connectivity index (χ3n) is 3.03. The maximum absolute atomic E-state index is 11.9. The van der Waals surface area contributed by atoms with Crippen LogP contribution in [-0.4, -0.2) is 22.5 Å². The third-order valence-corrected chi connectivity index (χ3v) is 4.24. The molecule has 2 N–H and O–H groups in total. The van der Waals surface area contributed by atoms with E-state index in [1.165, 1.54) is 11.8 Å². The van der Waals surface area contributed by atoms with Gasteiger partial charge in [0.15, 0.2) is 0 Å². The summed E-state index contributed by atoms with van der Waals surface area (Å²) < 4.78 is 0. The maximum Gasteiger partial charge on any atom is 0.252 e. The SMILES string of the molecule is C[C@@H](SCc1ccccc1)C(=O)N/N=C\c1ccccc1O. The van der Waals surface area contributed by atoms with Crippen LogP contribution in [0.1, 0.15) is 18.1 Å². The maximum atomic E-state index is 11.9. The lowest BCUT2D eigenvalue weighted by atomic mass is 10.2. The molecule has 0 fully saturated rings. The molecule has 22 heavy (non-hydrogen) atoms. The number of aromatic hydroxyl groups is 1. The van der Waals surface area contributed by atoms with Crippen molar-refractivity contribution in [1.29, 1.82) is 0 Å². The van der Waals surface area contributed by atoms with E-state index in [-0.39, 0.29) is 16.9 Å². The lowest BCUT2D eigenvalue weighted by Crippen LogP contribution is -2.27. The number of amides is 1. The molecule has 0 aromatic heterocycles. The van der Waals surface area contributed by atoms with Gasteiger partial charge >= 0.3 is 0 Å². The molecule has 0 saturated heterocycles. The highest BCUT2D eigenvalue weighted by molar-refractivity contribution is 7.99. The molecule has 0 aliphatic heterocycles. The number of para-hydroxylation sites is 1. The molecule has 4 nitrogen and oxygen atoms in total. The Labute approximate surface area is 134 Å². The number of nitrogens with one attached hydrogen (secondary N) is 1. The Morgan fingerprint density at radius 1 is 1.23 bits per heavy atom. The van der Waals surface area contributed by atoms with Gasteiger partial charge in [0.25, 0.3) is 5.91 Å². The van der Waals surface area contributed by atoms with E-state index in [0.29, 0.717) is 5.56 Å². The smallest absolute Gasteiger partial charge is 0.252 e. The molecule has 0 radical (unpaired) electrons. The molecule has 1 atom stereocenters. The molecule has 0 saturated carbocycles. The summed E-state index contributed by atoms with van der Waals surface area (Å²) in [4.78, 5) is 11.9. The van der Waals surface area contributed by atoms with Crippen LogP contribution in [0.5, 0.6) is 5.75 Å². The fourth-order valence-electron chi connectivity index (χ4n) is 1.72. The zero-order valence-corrected chi connectivity index (χ0v) is 13.1. The number of thioether (sulfide) groups is 1. The third kappa shape index (κ3) is 4.93. The molecule has 0 aliphatic rings. The Bertz CT molecular complexity index is 644. The molecule has 2 aromatic carbocycles. The Kier molecular flexibility index (Phi) is 6.03. The van der Waals surface area contributed by atoms with Crippen molar-refractivity contribution in [1.82, 2.24) is 5.43 Å². The van der Waals surface area contributed by atoms with Crippen molar-refractivity contribution in [3.63, 3.8) is 0 Å². The zero-order valence-electron chi connectivity index (χ0n) is 12.3. The first-order valence-corrected chi connectivity index (χ1v) is 7.98. The summed E-state index contributed by atoms with van der Waals surface area (Å²) in [5.41, 5.74) is 4.24. The van der Waals surface area contributed by atoms with E-state index >= 15 is 0 Å². The van der Waals surface area contributed by atoms with E-state index in [9.17, 15) is 9.90 Å². The fourth-order valence-corrected chi connectivity index (χ4v) is 2.56. The number of rotatable bonds is 6. The van der Waals surface area contributed by atoms with E-state index in [0.717, 1.165) is 5.75 Å². The average molecular weight is 314 g/mol. The number of phenolic OH excluding ortho intramolecular Hbond substituents is 1. The highest BCUT2D eigenvalue weighted by Crippen LogP contribution is 2.17. The number of hydrogen-bond donors (Lipinski definition) is 2. The van der Waals surface area contributed by atoms with E-state index in [4.69, 9.17) is 0 Å². The second-order valence-corrected chi connectivity index (χ2v) is 6.06. The standard InChI is InChI=1S/C17H18N2O2S/c1-13(22-12-14-7-3-2-4-8-14)17(21)19-18-11-15-9-5-6-10-16(15)20/h2-11,13,20H,12H2,1H3,(H,19,21)/b18-11-/t13-/m1/s1. The first-order valence-electron chi connectivity index (χ1n) is 6.93. The number of hydrogen-bond acceptors (Lipinski definition) is 4. The first-order chi connectivity index (χ1) is 10.7. The van der Waals surface area contributed by atoms with E-state index in [2.05, 4.69) is 10.5 Å². The van der Waals surface area contributed by atoms with Crippen LogP contribution in [0.15, 0.2) is 59.7 Å². The van der Waals surface area contributed by atoms with Gasteiger partial charge in [-0.15, -0.1) is 11.8 Å². The molecule has 0 bridgehead atoms. The molecule has 2 rings (SSSR count). The molecular formula is C17H18N2O2S. The van der Waals surface area contributed by atoms with Gasteiger partial charge < -0.3 is 5.11 Å². The van der Waals surface area contributed by atoms with Crippen molar-refractivity contribution >= 4 is 23.9 Å². The predicted octanol–water partition coefficient (Wildman–Crippen LogP) is 3.16. The van der Waals surface area contributed by atoms with Gasteiger partial charge in [0, 0.05) is 11.3 Å². The van der Waals surface area contributed by atoms with Crippen LogP contribution in [-0.2, 0) is 10.5 Å². The van der Waals surface area contributed by atoms with E-state index < -0.39 is 0 Å². The lowest BCUT2D eigenvalue weighted by molar-refractivity contribution is -0.120. The molecule has 5 heteroatoms. The lowest BCUT2D eigenvalue weighted by Gasteiger charge is -2.09. The molecule has 0 spiro atoms. The Balaban J connectivity index is 1.80. The minimum Gasteiger partial charge on any atom is -0.507 e. The van der Waals surface area contributed by atoms with Gasteiger partial charge in [0.05, 0.1) is 11.5 Å². The van der Waals surface area contributed by atoms with Crippen molar-refractivity contribution in [2.45, 2.75) is 17.9 Å². The minimum atomic E-state index is -0.207. The van der Waals surface area contributed by atoms with E-state index in [1.807, 2.05) is 37.3 Å². The van der Waals surface area contributed by atoms with Crippen molar-refractivity contribution < 1.29 is 9.90 Å². The number of benzene rings is 2. The monoisotopic (exact) mass is 314 g/mol. The van der Waals surface area contributed by atoms with Crippen molar-refractivity contribution in [2.75, 3.05) is 0 Å². The van der Waals surface area contributed by atoms with Gasteiger partial charge in [0.2, 0.25) is 0 Å². The summed E-state index contributed by atoms with van der Waals surface area (Å²) in [5, 5.41) is 13.3. The van der Waals surface area contributed by atoms with Crippen LogP contribution in [0.4, 0.5) is 0 Å². The molecule has 0 unspecified atom stereocenters. The second-order valence-electron chi connectivity index (χ2n) is 4.73. The highest BCUT2D eigenvalue weighted by Gasteiger charge is 2.12. The van der Waals surface area contributed by atoms with Crippen LogP contribution in [0, 0.1) is 0 Å². The number of hydrazone groups is 1. The Morgan fingerprint density at radius 3 is 2.64 bits per heavy atom. The van der Waals surface area contributed by atoms with Crippen LogP contribution >= 0.6 is 11.8 Å². The molecule has 0 heterocycles. The topological polar surface area (TPSA) is 61.7 Å². The van der Waals surface area contributed by atoms with Crippen LogP contribution in [0.2, 0.25) is 0 Å². The second kappa shape index (κ2) is 8.24. The largest absolute Gasteiger partial charge is 0.507 e. The van der Waals surface area contributed by atoms with Gasteiger partial charge in [-0.2, -0.15) is 5.10 Å². The summed E-state index contributed by atoms with van der Waals surface area (Å²) >= 11 is 1.55. The molecule has 2 aromatic rings. The summed E-state index contributed by atoms with van der Waals surface area (Å²) in [7, 11) is 0. The zero-order chi connectivity index (χ0) is 15.8. The molecule has 1 amide bonds. The van der Waals surface area contributed by atoms with Crippen LogP contribution in [0.3, 0.4) is 0 Å². The summed E-state index contributed by atoms with van der Waals surface area (Å²) in [6, 6.07) is 16.8. The Morgan fingerprint density at radius 2 is 1.91 bits per heavy atom. The van der Waals surface area contributed by atoms with E-state index in [1.54, 1.807) is 36.0 Å². The number of carbonyl (C=O) groups excluding carboxylic acids is 1. The number of nitrogens with zero attached hydrogens (tertiary/aromatic N) is 1. The first kappa shape index (κ1) is 16.1. The van der Waals surface area contributed by atoms with Crippen molar-refractivity contribution in [3.05, 3.63) is 65.7 Å². The van der Waals surface area contributed by atoms with Crippen molar-refractivity contribution in [2.24, 2.45) is 5.10 Å². The molecular weight excluding hydrogens is 296 g/mol. The van der Waals surface area contributed by atoms with Gasteiger partial charge in [-0.05, 0) is 24.6 Å². The highest BCUT2D eigenvalue weighted by atomic mass is 32.2. The van der Waals surface area contributed by atoms with Gasteiger partial charge in [-0.25, -0.2) is 5.43 Å². The van der Waals surface area contributed by atoms with Gasteiger partial charge in [-0.3, -0.25) is 4.79 Å². The van der Waals surface area contributed by atoms with Crippen LogP contribution in [0.25, 0.3) is 0 Å². The van der Waals surface area contributed by atoms with Crippen molar-refractivity contribution in [3.8, 4) is 5.75 Å². The quantitative estimate of drug-likeness (QED) is 0.636. The number of phenols is 1. The summed E-state index contributed by atoms with van der Waals surface area (Å²) in [6.45, 7) is 1.85. The predicted molar refractivity (Wildman–Crippen MR) is 91.0 cm³/mol. The molecule has 0 aliphatic carbocycles. The van der Waals surface area contributed by atoms with Gasteiger partial charge in [0.1, 0.15) is 5.75 Å². The van der Waals surface area contributed by atoms with Gasteiger partial charge in [-0.1, -0.05) is 42.5 Å².